The molecular weight excluding hydrogens is 358 g/mol. The Hall–Kier alpha value is -2.37. The second-order valence-electron chi connectivity index (χ2n) is 7.20. The van der Waals surface area contributed by atoms with Crippen LogP contribution in [0.5, 0.6) is 0 Å². The minimum Gasteiger partial charge on any atom is -0.392 e. The van der Waals surface area contributed by atoms with E-state index in [2.05, 4.69) is 6.07 Å². The molecule has 3 aromatic rings. The lowest BCUT2D eigenvalue weighted by Gasteiger charge is -2.14. The van der Waals surface area contributed by atoms with Crippen LogP contribution < -0.4 is 0 Å². The van der Waals surface area contributed by atoms with Crippen LogP contribution >= 0.6 is 0 Å². The van der Waals surface area contributed by atoms with Crippen molar-refractivity contribution in [1.29, 1.82) is 0 Å². The first-order chi connectivity index (χ1) is 12.9. The smallest absolute Gasteiger partial charge is 0.268 e. The number of fused-ring (bicyclic) bond motifs is 3. The number of benzene rings is 2. The van der Waals surface area contributed by atoms with Gasteiger partial charge in [0, 0.05) is 17.3 Å². The van der Waals surface area contributed by atoms with Crippen molar-refractivity contribution in [2.75, 3.05) is 0 Å². The highest BCUT2D eigenvalue weighted by Gasteiger charge is 2.28. The molecule has 0 spiro atoms. The Morgan fingerprint density at radius 1 is 1.04 bits per heavy atom. The molecule has 1 aliphatic carbocycles. The molecule has 0 saturated carbocycles. The van der Waals surface area contributed by atoms with Crippen molar-refractivity contribution in [1.82, 2.24) is 3.97 Å². The largest absolute Gasteiger partial charge is 0.392 e. The molecule has 0 amide bonds. The van der Waals surface area contributed by atoms with Crippen LogP contribution in [-0.4, -0.2) is 17.5 Å². The molecule has 4 nitrogen and oxygen atoms in total. The van der Waals surface area contributed by atoms with Crippen LogP contribution in [0.1, 0.15) is 34.2 Å². The molecule has 140 valence electrons. The highest BCUT2D eigenvalue weighted by atomic mass is 32.2. The van der Waals surface area contributed by atoms with Gasteiger partial charge in [-0.05, 0) is 67.5 Å². The first kappa shape index (κ1) is 18.0. The van der Waals surface area contributed by atoms with Gasteiger partial charge in [-0.25, -0.2) is 12.4 Å². The van der Waals surface area contributed by atoms with Crippen molar-refractivity contribution in [2.24, 2.45) is 0 Å². The third-order valence-electron chi connectivity index (χ3n) is 5.52. The molecule has 5 heteroatoms. The molecule has 1 aromatic heterocycles. The van der Waals surface area contributed by atoms with E-state index in [0.29, 0.717) is 11.3 Å². The van der Waals surface area contributed by atoms with Crippen molar-refractivity contribution in [3.8, 4) is 11.3 Å². The van der Waals surface area contributed by atoms with Gasteiger partial charge in [-0.2, -0.15) is 0 Å². The molecule has 2 aromatic carbocycles. The predicted molar refractivity (Wildman–Crippen MR) is 106 cm³/mol. The number of aliphatic hydroxyl groups excluding tert-OH is 1. The summed E-state index contributed by atoms with van der Waals surface area (Å²) in [5.74, 6) is 0. The number of nitrogens with zero attached hydrogens (tertiary/aromatic N) is 1. The van der Waals surface area contributed by atoms with E-state index in [0.717, 1.165) is 47.1 Å². The molecule has 0 aliphatic heterocycles. The Morgan fingerprint density at radius 2 is 1.81 bits per heavy atom. The fourth-order valence-electron chi connectivity index (χ4n) is 3.87. The lowest BCUT2D eigenvalue weighted by Crippen LogP contribution is -2.14. The maximum Gasteiger partial charge on any atom is 0.268 e. The van der Waals surface area contributed by atoms with Crippen molar-refractivity contribution in [3.05, 3.63) is 76.5 Å². The Labute approximate surface area is 160 Å². The molecule has 27 heavy (non-hydrogen) atoms. The van der Waals surface area contributed by atoms with Gasteiger partial charge in [0.15, 0.2) is 0 Å². The summed E-state index contributed by atoms with van der Waals surface area (Å²) in [6.07, 6.45) is 4.19. The van der Waals surface area contributed by atoms with Crippen LogP contribution in [0.15, 0.2) is 53.6 Å². The molecule has 0 bridgehead atoms. The summed E-state index contributed by atoms with van der Waals surface area (Å²) < 4.78 is 28.4. The second-order valence-corrected chi connectivity index (χ2v) is 9.01. The number of hydrogen-bond acceptors (Lipinski definition) is 3. The van der Waals surface area contributed by atoms with Crippen LogP contribution in [0.2, 0.25) is 0 Å². The summed E-state index contributed by atoms with van der Waals surface area (Å²) >= 11 is 0. The first-order valence-electron chi connectivity index (χ1n) is 9.18. The Morgan fingerprint density at radius 3 is 2.56 bits per heavy atom. The minimum atomic E-state index is -3.76. The van der Waals surface area contributed by atoms with Gasteiger partial charge in [0.2, 0.25) is 0 Å². The zero-order valence-electron chi connectivity index (χ0n) is 15.6. The molecule has 0 unspecified atom stereocenters. The summed E-state index contributed by atoms with van der Waals surface area (Å²) in [5, 5.41) is 9.86. The van der Waals surface area contributed by atoms with E-state index < -0.39 is 10.0 Å². The quantitative estimate of drug-likeness (QED) is 0.746. The van der Waals surface area contributed by atoms with Crippen molar-refractivity contribution in [2.45, 2.75) is 44.6 Å². The summed E-state index contributed by atoms with van der Waals surface area (Å²) in [5.41, 5.74) is 6.42. The SMILES string of the molecule is Cc1ccc(S(=O)(=O)n2cc(CO)c3c2-c2ccccc2CCC3)cc1C. The average Bonchev–Trinajstić information content (AvgIpc) is 2.93. The van der Waals surface area contributed by atoms with Crippen LogP contribution in [-0.2, 0) is 29.5 Å². The van der Waals surface area contributed by atoms with E-state index in [9.17, 15) is 13.5 Å². The van der Waals surface area contributed by atoms with Crippen molar-refractivity contribution in [3.63, 3.8) is 0 Å². The molecule has 0 atom stereocenters. The fourth-order valence-corrected chi connectivity index (χ4v) is 5.38. The lowest BCUT2D eigenvalue weighted by atomic mass is 10.0. The first-order valence-corrected chi connectivity index (χ1v) is 10.6. The lowest BCUT2D eigenvalue weighted by molar-refractivity contribution is 0.281. The highest BCUT2D eigenvalue weighted by molar-refractivity contribution is 7.90. The van der Waals surface area contributed by atoms with Gasteiger partial charge >= 0.3 is 0 Å². The Balaban J connectivity index is 2.01. The Kier molecular flexibility index (Phi) is 4.44. The van der Waals surface area contributed by atoms with Gasteiger partial charge in [-0.3, -0.25) is 0 Å². The molecule has 1 aliphatic rings. The average molecular weight is 381 g/mol. The van der Waals surface area contributed by atoms with E-state index >= 15 is 0 Å². The maximum atomic E-state index is 13.5. The van der Waals surface area contributed by atoms with Gasteiger partial charge in [0.25, 0.3) is 10.0 Å². The van der Waals surface area contributed by atoms with Crippen molar-refractivity contribution >= 4 is 10.0 Å². The monoisotopic (exact) mass is 381 g/mol. The molecular formula is C22H23NO3S. The maximum absolute atomic E-state index is 13.5. The normalized spacial score (nSPS) is 13.7. The third kappa shape index (κ3) is 2.91. The van der Waals surface area contributed by atoms with E-state index in [1.165, 1.54) is 3.97 Å². The number of aromatic nitrogens is 1. The summed E-state index contributed by atoms with van der Waals surface area (Å²) in [4.78, 5) is 0.273. The summed E-state index contributed by atoms with van der Waals surface area (Å²) in [6.45, 7) is 3.71. The predicted octanol–water partition coefficient (Wildman–Crippen LogP) is 3.99. The molecule has 0 saturated heterocycles. The molecule has 0 radical (unpaired) electrons. The number of aliphatic hydroxyl groups is 1. The zero-order valence-corrected chi connectivity index (χ0v) is 16.4. The minimum absolute atomic E-state index is 0.167. The third-order valence-corrected chi connectivity index (χ3v) is 7.17. The second kappa shape index (κ2) is 6.66. The van der Waals surface area contributed by atoms with Crippen LogP contribution in [0.4, 0.5) is 0 Å². The topological polar surface area (TPSA) is 59.3 Å². The van der Waals surface area contributed by atoms with Gasteiger partial charge in [0.05, 0.1) is 17.2 Å². The van der Waals surface area contributed by atoms with Gasteiger partial charge < -0.3 is 5.11 Å². The fraction of sp³-hybridized carbons (Fsp3) is 0.273. The van der Waals surface area contributed by atoms with E-state index in [-0.39, 0.29) is 11.5 Å². The molecule has 1 heterocycles. The van der Waals surface area contributed by atoms with E-state index in [4.69, 9.17) is 0 Å². The number of rotatable bonds is 3. The standard InChI is InChI=1S/C22H23NO3S/c1-15-10-11-19(12-16(15)2)27(25,26)23-13-18(14-24)21-9-5-7-17-6-3-4-8-20(17)22(21)23/h3-4,6,8,10-13,24H,5,7,9,14H2,1-2H3. The molecule has 1 N–H and O–H groups in total. The van der Waals surface area contributed by atoms with E-state index in [1.807, 2.05) is 38.1 Å². The van der Waals surface area contributed by atoms with Gasteiger partial charge in [-0.1, -0.05) is 30.3 Å². The summed E-state index contributed by atoms with van der Waals surface area (Å²) in [7, 11) is -3.76. The van der Waals surface area contributed by atoms with E-state index in [1.54, 1.807) is 18.3 Å². The number of aryl methyl sites for hydroxylation is 3. The molecule has 4 rings (SSSR count). The van der Waals surface area contributed by atoms with Gasteiger partial charge in [0.1, 0.15) is 0 Å². The van der Waals surface area contributed by atoms with Crippen LogP contribution in [0.3, 0.4) is 0 Å². The van der Waals surface area contributed by atoms with Crippen LogP contribution in [0, 0.1) is 13.8 Å². The van der Waals surface area contributed by atoms with Gasteiger partial charge in [-0.15, -0.1) is 0 Å². The summed E-state index contributed by atoms with van der Waals surface area (Å²) in [6, 6.07) is 13.2. The van der Waals surface area contributed by atoms with Crippen molar-refractivity contribution < 1.29 is 13.5 Å². The van der Waals surface area contributed by atoms with Crippen LogP contribution in [0.25, 0.3) is 11.3 Å². The Bertz CT molecular complexity index is 1130. The zero-order chi connectivity index (χ0) is 19.2. The molecule has 0 fully saturated rings. The highest BCUT2D eigenvalue weighted by Crippen LogP contribution is 2.37. The number of hydrogen-bond donors (Lipinski definition) is 1.